The summed E-state index contributed by atoms with van der Waals surface area (Å²) in [6, 6.07) is 10.1. The predicted molar refractivity (Wildman–Crippen MR) is 94.0 cm³/mol. The fourth-order valence-electron chi connectivity index (χ4n) is 2.34. The monoisotopic (exact) mass is 377 g/mol. The van der Waals surface area contributed by atoms with Crippen molar-refractivity contribution < 1.29 is 28.6 Å². The molecule has 0 aliphatic rings. The van der Waals surface area contributed by atoms with Crippen LogP contribution in [0.4, 0.5) is 9.59 Å². The first-order valence-electron chi connectivity index (χ1n) is 8.47. The SMILES string of the molecule is CCOC(=O)CC(C#N)(c1ccccc1)N(NC(=O)OCC)C(=O)OCC. The molecule has 0 aliphatic carbocycles. The minimum absolute atomic E-state index is 0.00442. The zero-order chi connectivity index (χ0) is 20.3. The van der Waals surface area contributed by atoms with E-state index in [2.05, 4.69) is 5.43 Å². The van der Waals surface area contributed by atoms with Crippen molar-refractivity contribution in [3.05, 3.63) is 35.9 Å². The lowest BCUT2D eigenvalue weighted by atomic mass is 9.87. The van der Waals surface area contributed by atoms with Gasteiger partial charge in [0.1, 0.15) is 0 Å². The van der Waals surface area contributed by atoms with Crippen LogP contribution in [-0.4, -0.2) is 43.0 Å². The summed E-state index contributed by atoms with van der Waals surface area (Å²) < 4.78 is 14.7. The Hall–Kier alpha value is -3.28. The van der Waals surface area contributed by atoms with E-state index < -0.39 is 30.1 Å². The number of hydrogen-bond donors (Lipinski definition) is 1. The van der Waals surface area contributed by atoms with Crippen LogP contribution in [0.25, 0.3) is 0 Å². The number of rotatable bonds is 7. The molecule has 0 fully saturated rings. The second-order valence-corrected chi connectivity index (χ2v) is 5.19. The largest absolute Gasteiger partial charge is 0.466 e. The molecule has 2 amide bonds. The number of nitrogens with one attached hydrogen (secondary N) is 1. The van der Waals surface area contributed by atoms with Crippen molar-refractivity contribution in [1.82, 2.24) is 10.4 Å². The number of esters is 1. The van der Waals surface area contributed by atoms with Gasteiger partial charge in [-0.25, -0.2) is 15.0 Å². The zero-order valence-electron chi connectivity index (χ0n) is 15.6. The van der Waals surface area contributed by atoms with Crippen LogP contribution < -0.4 is 5.43 Å². The first-order chi connectivity index (χ1) is 12.9. The first kappa shape index (κ1) is 21.8. The van der Waals surface area contributed by atoms with Crippen LogP contribution in [0.5, 0.6) is 0 Å². The van der Waals surface area contributed by atoms with Crippen LogP contribution in [-0.2, 0) is 24.5 Å². The number of nitrogens with zero attached hydrogens (tertiary/aromatic N) is 2. The molecule has 1 aromatic rings. The first-order valence-corrected chi connectivity index (χ1v) is 8.47. The molecule has 0 spiro atoms. The lowest BCUT2D eigenvalue weighted by Gasteiger charge is -2.36. The smallest absolute Gasteiger partial charge is 0.430 e. The Morgan fingerprint density at radius 2 is 1.63 bits per heavy atom. The Morgan fingerprint density at radius 1 is 1.04 bits per heavy atom. The lowest BCUT2D eigenvalue weighted by Crippen LogP contribution is -2.58. The molecule has 0 saturated heterocycles. The molecule has 1 N–H and O–H groups in total. The number of hydrazine groups is 1. The number of nitriles is 1. The molecular formula is C18H23N3O6. The fraction of sp³-hybridized carbons (Fsp3) is 0.444. The van der Waals surface area contributed by atoms with E-state index in [0.29, 0.717) is 10.6 Å². The Balaban J connectivity index is 3.47. The van der Waals surface area contributed by atoms with Crippen LogP contribution in [0.15, 0.2) is 30.3 Å². The van der Waals surface area contributed by atoms with E-state index in [-0.39, 0.29) is 19.8 Å². The Bertz CT molecular complexity index is 688. The molecule has 0 saturated carbocycles. The van der Waals surface area contributed by atoms with Crippen molar-refractivity contribution in [3.8, 4) is 6.07 Å². The number of hydrogen-bond acceptors (Lipinski definition) is 7. The van der Waals surface area contributed by atoms with Gasteiger partial charge in [0.05, 0.1) is 32.3 Å². The van der Waals surface area contributed by atoms with Gasteiger partial charge < -0.3 is 14.2 Å². The molecule has 1 rings (SSSR count). The highest BCUT2D eigenvalue weighted by Gasteiger charge is 2.47. The number of benzene rings is 1. The molecule has 0 radical (unpaired) electrons. The van der Waals surface area contributed by atoms with Gasteiger partial charge in [0.2, 0.25) is 0 Å². The van der Waals surface area contributed by atoms with E-state index in [1.807, 2.05) is 6.07 Å². The molecule has 0 aliphatic heterocycles. The summed E-state index contributed by atoms with van der Waals surface area (Å²) in [6.45, 7) is 4.92. The third-order valence-electron chi connectivity index (χ3n) is 3.45. The second kappa shape index (κ2) is 10.7. The average Bonchev–Trinajstić information content (AvgIpc) is 2.66. The van der Waals surface area contributed by atoms with Crippen molar-refractivity contribution in [3.63, 3.8) is 0 Å². The van der Waals surface area contributed by atoms with Crippen molar-refractivity contribution in [2.24, 2.45) is 0 Å². The maximum absolute atomic E-state index is 12.5. The van der Waals surface area contributed by atoms with Gasteiger partial charge in [-0.15, -0.1) is 0 Å². The molecule has 146 valence electrons. The molecule has 0 aromatic heterocycles. The third kappa shape index (κ3) is 5.60. The fourth-order valence-corrected chi connectivity index (χ4v) is 2.34. The topological polar surface area (TPSA) is 118 Å². The van der Waals surface area contributed by atoms with Gasteiger partial charge in [-0.1, -0.05) is 30.3 Å². The van der Waals surface area contributed by atoms with Gasteiger partial charge in [-0.05, 0) is 26.3 Å². The van der Waals surface area contributed by atoms with E-state index in [0.717, 1.165) is 0 Å². The number of carbonyl (C=O) groups excluding carboxylic acids is 3. The van der Waals surface area contributed by atoms with Crippen LogP contribution in [0.2, 0.25) is 0 Å². The maximum atomic E-state index is 12.5. The predicted octanol–water partition coefficient (Wildman–Crippen LogP) is 2.48. The standard InChI is InChI=1S/C18H23N3O6/c1-4-25-15(22)12-18(13-19,14-10-8-7-9-11-14)21(17(24)27-6-3)20-16(23)26-5-2/h7-11H,4-6,12H2,1-3H3,(H,20,23). The highest BCUT2D eigenvalue weighted by atomic mass is 16.6. The van der Waals surface area contributed by atoms with Crippen LogP contribution in [0.3, 0.4) is 0 Å². The number of carbonyl (C=O) groups is 3. The lowest BCUT2D eigenvalue weighted by molar-refractivity contribution is -0.146. The minimum atomic E-state index is -1.90. The van der Waals surface area contributed by atoms with Crippen molar-refractivity contribution in [2.75, 3.05) is 19.8 Å². The summed E-state index contributed by atoms with van der Waals surface area (Å²) in [4.78, 5) is 36.7. The van der Waals surface area contributed by atoms with Gasteiger partial charge in [0, 0.05) is 0 Å². The Morgan fingerprint density at radius 3 is 2.15 bits per heavy atom. The zero-order valence-corrected chi connectivity index (χ0v) is 15.6. The van der Waals surface area contributed by atoms with Gasteiger partial charge in [-0.2, -0.15) is 10.3 Å². The van der Waals surface area contributed by atoms with Gasteiger partial charge >= 0.3 is 18.2 Å². The molecular weight excluding hydrogens is 354 g/mol. The van der Waals surface area contributed by atoms with Crippen molar-refractivity contribution >= 4 is 18.2 Å². The normalized spacial score (nSPS) is 12.1. The Kier molecular flexibility index (Phi) is 8.59. The molecule has 1 atom stereocenters. The van der Waals surface area contributed by atoms with Crippen LogP contribution in [0.1, 0.15) is 32.8 Å². The van der Waals surface area contributed by atoms with Crippen LogP contribution in [0, 0.1) is 11.3 Å². The van der Waals surface area contributed by atoms with Crippen molar-refractivity contribution in [2.45, 2.75) is 32.7 Å². The molecule has 0 heterocycles. The maximum Gasteiger partial charge on any atom is 0.430 e. The van der Waals surface area contributed by atoms with Gasteiger partial charge in [0.15, 0.2) is 5.54 Å². The molecule has 9 heteroatoms. The average molecular weight is 377 g/mol. The van der Waals surface area contributed by atoms with Crippen LogP contribution >= 0.6 is 0 Å². The second-order valence-electron chi connectivity index (χ2n) is 5.19. The third-order valence-corrected chi connectivity index (χ3v) is 3.45. The summed E-state index contributed by atoms with van der Waals surface area (Å²) in [5.74, 6) is -0.720. The summed E-state index contributed by atoms with van der Waals surface area (Å²) >= 11 is 0. The highest BCUT2D eigenvalue weighted by Crippen LogP contribution is 2.32. The minimum Gasteiger partial charge on any atom is -0.466 e. The molecule has 1 unspecified atom stereocenters. The van der Waals surface area contributed by atoms with E-state index in [1.165, 1.54) is 0 Å². The quantitative estimate of drug-likeness (QED) is 0.440. The molecule has 9 nitrogen and oxygen atoms in total. The Labute approximate surface area is 157 Å². The van der Waals surface area contributed by atoms with E-state index >= 15 is 0 Å². The summed E-state index contributed by atoms with van der Waals surface area (Å²) in [6.07, 6.45) is -2.50. The van der Waals surface area contributed by atoms with E-state index in [1.54, 1.807) is 51.1 Å². The highest BCUT2D eigenvalue weighted by molar-refractivity contribution is 5.78. The summed E-state index contributed by atoms with van der Waals surface area (Å²) in [7, 11) is 0. The summed E-state index contributed by atoms with van der Waals surface area (Å²) in [5, 5.41) is 10.6. The van der Waals surface area contributed by atoms with E-state index in [4.69, 9.17) is 14.2 Å². The van der Waals surface area contributed by atoms with Gasteiger partial charge in [-0.3, -0.25) is 4.79 Å². The summed E-state index contributed by atoms with van der Waals surface area (Å²) in [5.41, 5.74) is 0.608. The molecule has 1 aromatic carbocycles. The molecule has 27 heavy (non-hydrogen) atoms. The number of ether oxygens (including phenoxy) is 3. The molecule has 0 bridgehead atoms. The number of amides is 2. The van der Waals surface area contributed by atoms with Crippen molar-refractivity contribution in [1.29, 1.82) is 5.26 Å². The van der Waals surface area contributed by atoms with Gasteiger partial charge in [0.25, 0.3) is 0 Å². The van der Waals surface area contributed by atoms with E-state index in [9.17, 15) is 19.6 Å².